The summed E-state index contributed by atoms with van der Waals surface area (Å²) < 4.78 is 4.78. The first kappa shape index (κ1) is 11.5. The minimum atomic E-state index is -0.355. The van der Waals surface area contributed by atoms with E-state index in [2.05, 4.69) is 9.97 Å². The Morgan fingerprint density at radius 2 is 2.18 bits per heavy atom. The molecule has 2 aromatic rings. The van der Waals surface area contributed by atoms with Crippen LogP contribution in [0.25, 0.3) is 11.0 Å². The van der Waals surface area contributed by atoms with Crippen molar-refractivity contribution in [1.82, 2.24) is 9.97 Å². The third kappa shape index (κ3) is 2.11. The number of aromatic nitrogens is 2. The molecule has 0 aromatic carbocycles. The van der Waals surface area contributed by atoms with Crippen molar-refractivity contribution in [2.24, 2.45) is 0 Å². The van der Waals surface area contributed by atoms with Crippen LogP contribution in [0.5, 0.6) is 0 Å². The number of pyridine rings is 2. The third-order valence-electron chi connectivity index (χ3n) is 2.57. The normalized spacial score (nSPS) is 10.8. The summed E-state index contributed by atoms with van der Waals surface area (Å²) in [6, 6.07) is 5.49. The highest BCUT2D eigenvalue weighted by molar-refractivity contribution is 5.94. The first-order valence-corrected chi connectivity index (χ1v) is 5.47. The van der Waals surface area contributed by atoms with E-state index in [0.29, 0.717) is 11.2 Å². The second-order valence-electron chi connectivity index (χ2n) is 4.12. The van der Waals surface area contributed by atoms with Gasteiger partial charge in [0.25, 0.3) is 0 Å². The van der Waals surface area contributed by atoms with Gasteiger partial charge in [-0.3, -0.25) is 0 Å². The van der Waals surface area contributed by atoms with E-state index in [1.807, 2.05) is 26.0 Å². The Morgan fingerprint density at radius 3 is 2.82 bits per heavy atom. The van der Waals surface area contributed by atoms with Gasteiger partial charge in [0, 0.05) is 11.6 Å². The van der Waals surface area contributed by atoms with Crippen LogP contribution in [0.1, 0.15) is 35.8 Å². The number of rotatable bonds is 2. The van der Waals surface area contributed by atoms with Crippen molar-refractivity contribution >= 4 is 17.0 Å². The van der Waals surface area contributed by atoms with Crippen molar-refractivity contribution in [2.45, 2.75) is 19.8 Å². The van der Waals surface area contributed by atoms with Gasteiger partial charge < -0.3 is 4.74 Å². The zero-order chi connectivity index (χ0) is 12.4. The van der Waals surface area contributed by atoms with Crippen molar-refractivity contribution < 1.29 is 9.53 Å². The minimum absolute atomic E-state index is 0.149. The first-order chi connectivity index (χ1) is 8.13. The molecule has 2 aromatic heterocycles. The van der Waals surface area contributed by atoms with Gasteiger partial charge in [0.15, 0.2) is 5.65 Å². The Hall–Kier alpha value is -1.97. The molecule has 0 saturated heterocycles. The molecule has 0 aliphatic carbocycles. The number of nitrogens with zero attached hydrogens (tertiary/aromatic N) is 2. The molecular formula is C13H14N2O2. The van der Waals surface area contributed by atoms with E-state index in [9.17, 15) is 4.79 Å². The molecule has 0 spiro atoms. The molecule has 0 aliphatic rings. The van der Waals surface area contributed by atoms with E-state index in [0.717, 1.165) is 11.1 Å². The van der Waals surface area contributed by atoms with E-state index in [1.165, 1.54) is 7.11 Å². The highest BCUT2D eigenvalue weighted by Gasteiger charge is 2.17. The number of hydrogen-bond donors (Lipinski definition) is 0. The monoisotopic (exact) mass is 230 g/mol. The average Bonchev–Trinajstić information content (AvgIpc) is 2.36. The molecular weight excluding hydrogens is 216 g/mol. The number of carbonyl (C=O) groups excluding carboxylic acids is 1. The van der Waals surface area contributed by atoms with Gasteiger partial charge in [0.05, 0.1) is 18.4 Å². The largest absolute Gasteiger partial charge is 0.465 e. The zero-order valence-electron chi connectivity index (χ0n) is 10.1. The Labute approximate surface area is 99.7 Å². The van der Waals surface area contributed by atoms with Gasteiger partial charge in [0.2, 0.25) is 0 Å². The molecule has 0 amide bonds. The fourth-order valence-corrected chi connectivity index (χ4v) is 1.73. The molecule has 2 heterocycles. The minimum Gasteiger partial charge on any atom is -0.465 e. The van der Waals surface area contributed by atoms with E-state index in [-0.39, 0.29) is 11.9 Å². The van der Waals surface area contributed by atoms with Crippen LogP contribution in [0.4, 0.5) is 0 Å². The maximum absolute atomic E-state index is 11.7. The number of hydrogen-bond acceptors (Lipinski definition) is 4. The zero-order valence-corrected chi connectivity index (χ0v) is 10.1. The molecule has 2 rings (SSSR count). The number of esters is 1. The number of ether oxygens (including phenoxy) is 1. The van der Waals surface area contributed by atoms with Crippen molar-refractivity contribution in [3.63, 3.8) is 0 Å². The molecule has 0 radical (unpaired) electrons. The molecule has 0 N–H and O–H groups in total. The van der Waals surface area contributed by atoms with Gasteiger partial charge in [-0.15, -0.1) is 0 Å². The van der Waals surface area contributed by atoms with E-state index < -0.39 is 0 Å². The van der Waals surface area contributed by atoms with E-state index in [4.69, 9.17) is 4.74 Å². The highest BCUT2D eigenvalue weighted by atomic mass is 16.5. The lowest BCUT2D eigenvalue weighted by Crippen LogP contribution is -2.09. The summed E-state index contributed by atoms with van der Waals surface area (Å²) in [5.41, 5.74) is 1.90. The summed E-state index contributed by atoms with van der Waals surface area (Å²) in [6.07, 6.45) is 1.69. The lowest BCUT2D eigenvalue weighted by Gasteiger charge is -2.11. The van der Waals surface area contributed by atoms with Gasteiger partial charge in [0.1, 0.15) is 0 Å². The molecule has 0 bridgehead atoms. The predicted molar refractivity (Wildman–Crippen MR) is 65.0 cm³/mol. The summed E-state index contributed by atoms with van der Waals surface area (Å²) >= 11 is 0. The van der Waals surface area contributed by atoms with Crippen LogP contribution in [-0.2, 0) is 4.74 Å². The fraction of sp³-hybridized carbons (Fsp3) is 0.308. The van der Waals surface area contributed by atoms with Gasteiger partial charge >= 0.3 is 5.97 Å². The maximum Gasteiger partial charge on any atom is 0.339 e. The molecule has 88 valence electrons. The summed E-state index contributed by atoms with van der Waals surface area (Å²) in [5, 5.41) is 0.845. The summed E-state index contributed by atoms with van der Waals surface area (Å²) in [7, 11) is 1.37. The average molecular weight is 230 g/mol. The fourth-order valence-electron chi connectivity index (χ4n) is 1.73. The SMILES string of the molecule is COC(=O)c1cc2cccnc2nc1C(C)C. The summed E-state index contributed by atoms with van der Waals surface area (Å²) in [5.74, 6) is -0.206. The van der Waals surface area contributed by atoms with Crippen LogP contribution >= 0.6 is 0 Å². The second-order valence-corrected chi connectivity index (χ2v) is 4.12. The molecule has 4 nitrogen and oxygen atoms in total. The van der Waals surface area contributed by atoms with Crippen LogP contribution in [0.3, 0.4) is 0 Å². The highest BCUT2D eigenvalue weighted by Crippen LogP contribution is 2.22. The summed E-state index contributed by atoms with van der Waals surface area (Å²) in [4.78, 5) is 20.3. The van der Waals surface area contributed by atoms with Gasteiger partial charge in [-0.05, 0) is 24.1 Å². The van der Waals surface area contributed by atoms with Crippen molar-refractivity contribution in [3.05, 3.63) is 35.7 Å². The molecule has 0 unspecified atom stereocenters. The quantitative estimate of drug-likeness (QED) is 0.744. The van der Waals surface area contributed by atoms with Crippen molar-refractivity contribution in [3.8, 4) is 0 Å². The topological polar surface area (TPSA) is 52.1 Å². The maximum atomic E-state index is 11.7. The molecule has 0 aliphatic heterocycles. The van der Waals surface area contributed by atoms with E-state index >= 15 is 0 Å². The standard InChI is InChI=1S/C13H14N2O2/c1-8(2)11-10(13(16)17-3)7-9-5-4-6-14-12(9)15-11/h4-8H,1-3H3. The van der Waals surface area contributed by atoms with E-state index in [1.54, 1.807) is 12.3 Å². The number of fused-ring (bicyclic) bond motifs is 1. The van der Waals surface area contributed by atoms with Gasteiger partial charge in [-0.1, -0.05) is 13.8 Å². The Morgan fingerprint density at radius 1 is 1.41 bits per heavy atom. The number of carbonyl (C=O) groups is 1. The van der Waals surface area contributed by atoms with Crippen LogP contribution in [0.15, 0.2) is 24.4 Å². The van der Waals surface area contributed by atoms with Crippen LogP contribution in [-0.4, -0.2) is 23.0 Å². The molecule has 0 saturated carbocycles. The molecule has 0 fully saturated rings. The number of methoxy groups -OCH3 is 1. The Balaban J connectivity index is 2.70. The van der Waals surface area contributed by atoms with Crippen LogP contribution < -0.4 is 0 Å². The predicted octanol–water partition coefficient (Wildman–Crippen LogP) is 2.54. The molecule has 17 heavy (non-hydrogen) atoms. The first-order valence-electron chi connectivity index (χ1n) is 5.47. The third-order valence-corrected chi connectivity index (χ3v) is 2.57. The summed E-state index contributed by atoms with van der Waals surface area (Å²) in [6.45, 7) is 3.98. The smallest absolute Gasteiger partial charge is 0.339 e. The van der Waals surface area contributed by atoms with Crippen molar-refractivity contribution in [1.29, 1.82) is 0 Å². The van der Waals surface area contributed by atoms with Gasteiger partial charge in [-0.25, -0.2) is 14.8 Å². The lowest BCUT2D eigenvalue weighted by atomic mass is 10.0. The van der Waals surface area contributed by atoms with Gasteiger partial charge in [-0.2, -0.15) is 0 Å². The van der Waals surface area contributed by atoms with Crippen LogP contribution in [0.2, 0.25) is 0 Å². The Bertz CT molecular complexity index is 564. The second kappa shape index (κ2) is 4.49. The van der Waals surface area contributed by atoms with Crippen molar-refractivity contribution in [2.75, 3.05) is 7.11 Å². The Kier molecular flexibility index (Phi) is 3.04. The van der Waals surface area contributed by atoms with Crippen LogP contribution in [0, 0.1) is 0 Å². The molecule has 4 heteroatoms. The molecule has 0 atom stereocenters. The lowest BCUT2D eigenvalue weighted by molar-refractivity contribution is 0.0598.